The van der Waals surface area contributed by atoms with Gasteiger partial charge >= 0.3 is 0 Å². The number of anilines is 1. The van der Waals surface area contributed by atoms with E-state index >= 15 is 0 Å². The largest absolute Gasteiger partial charge is 0.397 e. The first-order chi connectivity index (χ1) is 9.34. The van der Waals surface area contributed by atoms with E-state index in [4.69, 9.17) is 5.73 Å². The van der Waals surface area contributed by atoms with Gasteiger partial charge in [0, 0.05) is 13.1 Å². The van der Waals surface area contributed by atoms with Crippen molar-refractivity contribution in [3.63, 3.8) is 0 Å². The summed E-state index contributed by atoms with van der Waals surface area (Å²) in [7, 11) is -3.48. The Morgan fingerprint density at radius 1 is 1.15 bits per heavy atom. The molecule has 0 saturated carbocycles. The Balaban J connectivity index is 2.43. The minimum Gasteiger partial charge on any atom is -0.397 e. The van der Waals surface area contributed by atoms with Crippen LogP contribution in [-0.4, -0.2) is 25.8 Å². The second-order valence-electron chi connectivity index (χ2n) is 5.88. The van der Waals surface area contributed by atoms with Crippen molar-refractivity contribution in [2.24, 2.45) is 5.92 Å². The van der Waals surface area contributed by atoms with Crippen molar-refractivity contribution in [2.75, 3.05) is 18.8 Å². The van der Waals surface area contributed by atoms with E-state index in [2.05, 4.69) is 6.92 Å². The molecule has 1 aromatic rings. The van der Waals surface area contributed by atoms with Crippen LogP contribution >= 0.6 is 0 Å². The molecule has 0 bridgehead atoms. The molecule has 1 saturated heterocycles. The van der Waals surface area contributed by atoms with Crippen LogP contribution in [0.5, 0.6) is 0 Å². The molecule has 2 rings (SSSR count). The fourth-order valence-corrected chi connectivity index (χ4v) is 4.64. The molecule has 2 N–H and O–H groups in total. The highest BCUT2D eigenvalue weighted by Gasteiger charge is 2.30. The van der Waals surface area contributed by atoms with Gasteiger partial charge in [0.2, 0.25) is 10.0 Å². The van der Waals surface area contributed by atoms with Crippen LogP contribution in [0.1, 0.15) is 37.3 Å². The van der Waals surface area contributed by atoms with Crippen LogP contribution in [0.2, 0.25) is 0 Å². The molecule has 4 nitrogen and oxygen atoms in total. The van der Waals surface area contributed by atoms with E-state index in [1.807, 2.05) is 26.0 Å². The monoisotopic (exact) mass is 296 g/mol. The summed E-state index contributed by atoms with van der Waals surface area (Å²) in [5, 5.41) is 0. The van der Waals surface area contributed by atoms with Gasteiger partial charge in [-0.1, -0.05) is 19.1 Å². The molecular formula is C15H24N2O2S. The minimum atomic E-state index is -3.48. The maximum atomic E-state index is 12.9. The number of aryl methyl sites for hydroxylation is 2. The Bertz CT molecular complexity index is 596. The van der Waals surface area contributed by atoms with E-state index in [1.165, 1.54) is 0 Å². The molecule has 1 heterocycles. The average molecular weight is 296 g/mol. The standard InChI is InChI=1S/C15H24N2O2S/c1-11-5-4-9-17(10-8-11)20(18,19)15-13(3)7-6-12(2)14(15)16/h6-7,11H,4-5,8-10,16H2,1-3H3. The van der Waals surface area contributed by atoms with Crippen LogP contribution in [-0.2, 0) is 10.0 Å². The summed E-state index contributed by atoms with van der Waals surface area (Å²) in [6.45, 7) is 7.03. The highest BCUT2D eigenvalue weighted by Crippen LogP contribution is 2.30. The zero-order valence-electron chi connectivity index (χ0n) is 12.5. The third-order valence-electron chi connectivity index (χ3n) is 4.18. The molecule has 1 atom stereocenters. The van der Waals surface area contributed by atoms with Crippen LogP contribution in [0.3, 0.4) is 0 Å². The molecule has 0 spiro atoms. The minimum absolute atomic E-state index is 0.298. The third kappa shape index (κ3) is 2.83. The van der Waals surface area contributed by atoms with Crippen molar-refractivity contribution in [3.8, 4) is 0 Å². The number of rotatable bonds is 2. The molecule has 112 valence electrons. The SMILES string of the molecule is Cc1ccc(C)c(S(=O)(=O)N2CCCC(C)CC2)c1N. The molecule has 1 fully saturated rings. The van der Waals surface area contributed by atoms with Gasteiger partial charge in [-0.25, -0.2) is 8.42 Å². The summed E-state index contributed by atoms with van der Waals surface area (Å²) < 4.78 is 27.4. The molecule has 0 amide bonds. The molecule has 1 aliphatic rings. The van der Waals surface area contributed by atoms with Crippen LogP contribution in [0.4, 0.5) is 5.69 Å². The quantitative estimate of drug-likeness (QED) is 0.853. The molecule has 20 heavy (non-hydrogen) atoms. The maximum Gasteiger partial charge on any atom is 0.245 e. The fraction of sp³-hybridized carbons (Fsp3) is 0.600. The van der Waals surface area contributed by atoms with Crippen molar-refractivity contribution in [1.29, 1.82) is 0 Å². The van der Waals surface area contributed by atoms with E-state index in [0.717, 1.165) is 30.4 Å². The van der Waals surface area contributed by atoms with Crippen molar-refractivity contribution >= 4 is 15.7 Å². The molecule has 0 radical (unpaired) electrons. The van der Waals surface area contributed by atoms with Crippen molar-refractivity contribution < 1.29 is 8.42 Å². The van der Waals surface area contributed by atoms with Gasteiger partial charge in [0.15, 0.2) is 0 Å². The topological polar surface area (TPSA) is 63.4 Å². The van der Waals surface area contributed by atoms with Gasteiger partial charge < -0.3 is 5.73 Å². The van der Waals surface area contributed by atoms with Gasteiger partial charge in [-0.05, 0) is 50.2 Å². The van der Waals surface area contributed by atoms with Crippen molar-refractivity contribution in [3.05, 3.63) is 23.3 Å². The highest BCUT2D eigenvalue weighted by molar-refractivity contribution is 7.89. The number of nitrogens with two attached hydrogens (primary N) is 1. The first-order valence-corrected chi connectivity index (χ1v) is 8.64. The maximum absolute atomic E-state index is 12.9. The summed E-state index contributed by atoms with van der Waals surface area (Å²) >= 11 is 0. The number of nitrogen functional groups attached to an aromatic ring is 1. The third-order valence-corrected chi connectivity index (χ3v) is 6.29. The second-order valence-corrected chi connectivity index (χ2v) is 7.76. The van der Waals surface area contributed by atoms with E-state index in [9.17, 15) is 8.42 Å². The molecule has 0 aliphatic carbocycles. The molecule has 5 heteroatoms. The lowest BCUT2D eigenvalue weighted by Gasteiger charge is -2.23. The van der Waals surface area contributed by atoms with Gasteiger partial charge in [0.25, 0.3) is 0 Å². The second kappa shape index (κ2) is 5.74. The Labute approximate surface area is 122 Å². The van der Waals surface area contributed by atoms with E-state index < -0.39 is 10.0 Å². The zero-order chi connectivity index (χ0) is 14.9. The smallest absolute Gasteiger partial charge is 0.245 e. The van der Waals surface area contributed by atoms with Gasteiger partial charge in [0.05, 0.1) is 5.69 Å². The first-order valence-electron chi connectivity index (χ1n) is 7.20. The number of hydrogen-bond acceptors (Lipinski definition) is 3. The molecular weight excluding hydrogens is 272 g/mol. The number of benzene rings is 1. The lowest BCUT2D eigenvalue weighted by molar-refractivity contribution is 0.416. The summed E-state index contributed by atoms with van der Waals surface area (Å²) in [5.41, 5.74) is 7.97. The highest BCUT2D eigenvalue weighted by atomic mass is 32.2. The van der Waals surface area contributed by atoms with Crippen LogP contribution < -0.4 is 5.73 Å². The number of sulfonamides is 1. The predicted octanol–water partition coefficient (Wildman–Crippen LogP) is 2.70. The van der Waals surface area contributed by atoms with Crippen molar-refractivity contribution in [1.82, 2.24) is 4.31 Å². The Morgan fingerprint density at radius 2 is 1.80 bits per heavy atom. The lowest BCUT2D eigenvalue weighted by Crippen LogP contribution is -2.33. The van der Waals surface area contributed by atoms with Gasteiger partial charge in [0.1, 0.15) is 4.90 Å². The summed E-state index contributed by atoms with van der Waals surface area (Å²) in [6.07, 6.45) is 2.93. The van der Waals surface area contributed by atoms with E-state index in [0.29, 0.717) is 29.6 Å². The lowest BCUT2D eigenvalue weighted by atomic mass is 10.0. The predicted molar refractivity (Wildman–Crippen MR) is 82.1 cm³/mol. The first kappa shape index (κ1) is 15.3. The number of nitrogens with zero attached hydrogens (tertiary/aromatic N) is 1. The summed E-state index contributed by atoms with van der Waals surface area (Å²) in [6, 6.07) is 3.70. The zero-order valence-corrected chi connectivity index (χ0v) is 13.3. The molecule has 1 aromatic carbocycles. The van der Waals surface area contributed by atoms with Crippen LogP contribution in [0, 0.1) is 19.8 Å². The fourth-order valence-electron chi connectivity index (χ4n) is 2.76. The molecule has 1 unspecified atom stereocenters. The normalized spacial score (nSPS) is 21.6. The van der Waals surface area contributed by atoms with Gasteiger partial charge in [-0.2, -0.15) is 4.31 Å². The summed E-state index contributed by atoms with van der Waals surface area (Å²) in [5.74, 6) is 0.589. The van der Waals surface area contributed by atoms with E-state index in [1.54, 1.807) is 4.31 Å². The molecule has 0 aromatic heterocycles. The van der Waals surface area contributed by atoms with Crippen LogP contribution in [0.15, 0.2) is 17.0 Å². The average Bonchev–Trinajstić information content (AvgIpc) is 2.59. The Morgan fingerprint density at radius 3 is 2.50 bits per heavy atom. The Kier molecular flexibility index (Phi) is 4.39. The van der Waals surface area contributed by atoms with Crippen LogP contribution in [0.25, 0.3) is 0 Å². The van der Waals surface area contributed by atoms with Gasteiger partial charge in [-0.3, -0.25) is 0 Å². The number of hydrogen-bond donors (Lipinski definition) is 1. The summed E-state index contributed by atoms with van der Waals surface area (Å²) in [4.78, 5) is 0.298. The van der Waals surface area contributed by atoms with Crippen molar-refractivity contribution in [2.45, 2.75) is 44.9 Å². The Hall–Kier alpha value is -1.07. The van der Waals surface area contributed by atoms with E-state index in [-0.39, 0.29) is 0 Å². The van der Waals surface area contributed by atoms with Gasteiger partial charge in [-0.15, -0.1) is 0 Å². The molecule has 1 aliphatic heterocycles.